The third-order valence-electron chi connectivity index (χ3n) is 2.12. The molecule has 2 aromatic rings. The summed E-state index contributed by atoms with van der Waals surface area (Å²) >= 11 is -0.118. The van der Waals surface area contributed by atoms with Crippen molar-refractivity contribution in [1.82, 2.24) is 0 Å². The average molecular weight is 465 g/mol. The van der Waals surface area contributed by atoms with Gasteiger partial charge in [-0.25, -0.2) is 0 Å². The van der Waals surface area contributed by atoms with E-state index in [2.05, 4.69) is 41.7 Å². The maximum atomic E-state index is 10.9. The van der Waals surface area contributed by atoms with E-state index in [1.54, 1.807) is 0 Å². The lowest BCUT2D eigenvalue weighted by molar-refractivity contribution is -0.597. The van der Waals surface area contributed by atoms with E-state index in [1.165, 1.54) is 14.1 Å². The molecule has 1 amide bonds. The smallest absolute Gasteiger partial charge is 0.357 e. The number of amides is 1. The monoisotopic (exact) mass is 465 g/mol. The van der Waals surface area contributed by atoms with Gasteiger partial charge in [0.1, 0.15) is 0 Å². The highest BCUT2D eigenvalue weighted by molar-refractivity contribution is 5.88. The first-order valence-electron chi connectivity index (χ1n) is 5.31. The van der Waals surface area contributed by atoms with Gasteiger partial charge < -0.3 is 29.3 Å². The molecule has 0 saturated heterocycles. The predicted octanol–water partition coefficient (Wildman–Crippen LogP) is -3.22. The SMILES string of the molecule is CC(=O)Nc1ccc([I+]c2ccccc2)cc1.[I-]. The van der Waals surface area contributed by atoms with Gasteiger partial charge in [-0.15, -0.1) is 0 Å². The normalized spacial score (nSPS) is 9.39. The third-order valence-corrected chi connectivity index (χ3v) is 4.80. The molecule has 0 aliphatic rings. The van der Waals surface area contributed by atoms with Crippen LogP contribution in [-0.4, -0.2) is 5.91 Å². The van der Waals surface area contributed by atoms with Crippen LogP contribution in [0.4, 0.5) is 5.69 Å². The van der Waals surface area contributed by atoms with Gasteiger partial charge in [-0.05, 0) is 36.4 Å². The Balaban J connectivity index is 0.00000162. The highest BCUT2D eigenvalue weighted by atomic mass is 127. The molecule has 0 bridgehead atoms. The largest absolute Gasteiger partial charge is 1.00 e. The second kappa shape index (κ2) is 7.73. The second-order valence-corrected chi connectivity index (χ2v) is 6.61. The molecule has 0 spiro atoms. The number of nitrogens with one attached hydrogen (secondary N) is 1. The van der Waals surface area contributed by atoms with Crippen molar-refractivity contribution in [3.05, 3.63) is 61.7 Å². The number of anilines is 1. The molecule has 0 fully saturated rings. The summed E-state index contributed by atoms with van der Waals surface area (Å²) in [5.41, 5.74) is 0.860. The van der Waals surface area contributed by atoms with Crippen LogP contribution in [0.2, 0.25) is 0 Å². The zero-order valence-corrected chi connectivity index (χ0v) is 14.2. The summed E-state index contributed by atoms with van der Waals surface area (Å²) in [5, 5.41) is 2.77. The summed E-state index contributed by atoms with van der Waals surface area (Å²) in [4.78, 5) is 10.9. The van der Waals surface area contributed by atoms with E-state index in [9.17, 15) is 4.79 Å². The van der Waals surface area contributed by atoms with E-state index in [-0.39, 0.29) is 51.1 Å². The molecule has 18 heavy (non-hydrogen) atoms. The summed E-state index contributed by atoms with van der Waals surface area (Å²) in [6, 6.07) is 18.6. The van der Waals surface area contributed by atoms with Crippen molar-refractivity contribution in [1.29, 1.82) is 0 Å². The first-order valence-corrected chi connectivity index (χ1v) is 7.47. The Labute approximate surface area is 134 Å². The van der Waals surface area contributed by atoms with Crippen LogP contribution >= 0.6 is 0 Å². The number of halogens is 2. The number of hydrogen-bond acceptors (Lipinski definition) is 1. The van der Waals surface area contributed by atoms with Crippen LogP contribution in [0.5, 0.6) is 0 Å². The van der Waals surface area contributed by atoms with Crippen molar-refractivity contribution in [2.45, 2.75) is 6.92 Å². The van der Waals surface area contributed by atoms with E-state index in [0.717, 1.165) is 5.69 Å². The minimum absolute atomic E-state index is 0. The first-order chi connectivity index (χ1) is 8.24. The zero-order chi connectivity index (χ0) is 12.1. The predicted molar refractivity (Wildman–Crippen MR) is 64.6 cm³/mol. The van der Waals surface area contributed by atoms with E-state index in [0.29, 0.717) is 0 Å². The van der Waals surface area contributed by atoms with Crippen molar-refractivity contribution in [2.75, 3.05) is 5.32 Å². The molecule has 0 heterocycles. The fraction of sp³-hybridized carbons (Fsp3) is 0.0714. The molecular formula is C14H13I2NO. The van der Waals surface area contributed by atoms with E-state index in [4.69, 9.17) is 0 Å². The lowest BCUT2D eigenvalue weighted by Crippen LogP contribution is -3.61. The molecule has 0 atom stereocenters. The van der Waals surface area contributed by atoms with Crippen molar-refractivity contribution < 1.29 is 50.0 Å². The van der Waals surface area contributed by atoms with E-state index in [1.807, 2.05) is 18.2 Å². The number of carbonyl (C=O) groups excluding carboxylic acids is 1. The number of benzene rings is 2. The number of carbonyl (C=O) groups is 1. The van der Waals surface area contributed by atoms with Crippen LogP contribution in [0, 0.1) is 7.14 Å². The minimum atomic E-state index is -0.118. The molecule has 2 aromatic carbocycles. The maximum absolute atomic E-state index is 10.9. The molecular weight excluding hydrogens is 452 g/mol. The van der Waals surface area contributed by atoms with Crippen molar-refractivity contribution in [2.24, 2.45) is 0 Å². The average Bonchev–Trinajstić information content (AvgIpc) is 2.32. The van der Waals surface area contributed by atoms with E-state index < -0.39 is 0 Å². The lowest BCUT2D eigenvalue weighted by Gasteiger charge is -1.99. The first kappa shape index (κ1) is 15.4. The summed E-state index contributed by atoms with van der Waals surface area (Å²) < 4.78 is 2.75. The zero-order valence-electron chi connectivity index (χ0n) is 9.86. The molecule has 0 unspecified atom stereocenters. The van der Waals surface area contributed by atoms with Crippen LogP contribution < -0.4 is 50.5 Å². The van der Waals surface area contributed by atoms with Gasteiger partial charge in [0.25, 0.3) is 0 Å². The van der Waals surface area contributed by atoms with Crippen LogP contribution in [-0.2, 0) is 4.79 Å². The summed E-state index contributed by atoms with van der Waals surface area (Å²) in [6.07, 6.45) is 0. The highest BCUT2D eigenvalue weighted by Gasteiger charge is 2.14. The van der Waals surface area contributed by atoms with Crippen molar-refractivity contribution >= 4 is 11.6 Å². The number of rotatable bonds is 3. The van der Waals surface area contributed by atoms with Crippen molar-refractivity contribution in [3.63, 3.8) is 0 Å². The molecule has 0 aromatic heterocycles. The Morgan fingerprint density at radius 2 is 1.50 bits per heavy atom. The minimum Gasteiger partial charge on any atom is -1.00 e. The van der Waals surface area contributed by atoms with Gasteiger partial charge in [-0.2, -0.15) is 0 Å². The Bertz CT molecular complexity index is 497. The maximum Gasteiger partial charge on any atom is 0.357 e. The van der Waals surface area contributed by atoms with Gasteiger partial charge >= 0.3 is 21.2 Å². The van der Waals surface area contributed by atoms with E-state index >= 15 is 0 Å². The van der Waals surface area contributed by atoms with Gasteiger partial charge in [-0.1, -0.05) is 18.2 Å². The fourth-order valence-electron chi connectivity index (χ4n) is 1.40. The molecule has 0 aliphatic carbocycles. The standard InChI is InChI=1S/C14H12INO.HI/c1-11(17)16-14-9-7-13(8-10-14)15-12-5-3-2-4-6-12;/h2-10H,1H3;1H. The highest BCUT2D eigenvalue weighted by Crippen LogP contribution is 2.04. The van der Waals surface area contributed by atoms with Crippen LogP contribution in [0.15, 0.2) is 54.6 Å². The molecule has 94 valence electrons. The Hall–Kier alpha value is -0.630. The Kier molecular flexibility index (Phi) is 6.62. The fourth-order valence-corrected chi connectivity index (χ4v) is 3.62. The second-order valence-electron chi connectivity index (χ2n) is 3.58. The van der Waals surface area contributed by atoms with Crippen LogP contribution in [0.3, 0.4) is 0 Å². The molecule has 0 radical (unpaired) electrons. The lowest BCUT2D eigenvalue weighted by atomic mass is 10.3. The summed E-state index contributed by atoms with van der Waals surface area (Å²) in [6.45, 7) is 1.52. The molecule has 0 aliphatic heterocycles. The topological polar surface area (TPSA) is 29.1 Å². The van der Waals surface area contributed by atoms with Gasteiger partial charge in [0.05, 0.1) is 0 Å². The molecule has 1 N–H and O–H groups in total. The summed E-state index contributed by atoms with van der Waals surface area (Å²) in [7, 11) is 0. The van der Waals surface area contributed by atoms with Crippen molar-refractivity contribution in [3.8, 4) is 0 Å². The van der Waals surface area contributed by atoms with Crippen LogP contribution in [0.25, 0.3) is 0 Å². The third kappa shape index (κ3) is 4.93. The quantitative estimate of drug-likeness (QED) is 0.476. The molecule has 0 saturated carbocycles. The molecule has 2 nitrogen and oxygen atoms in total. The van der Waals surface area contributed by atoms with Crippen LogP contribution in [0.1, 0.15) is 6.92 Å². The number of hydrogen-bond donors (Lipinski definition) is 1. The van der Waals surface area contributed by atoms with Gasteiger partial charge in [-0.3, -0.25) is 4.79 Å². The van der Waals surface area contributed by atoms with Gasteiger partial charge in [0.15, 0.2) is 7.14 Å². The summed E-state index contributed by atoms with van der Waals surface area (Å²) in [5.74, 6) is -0.0319. The molecule has 2 rings (SSSR count). The Morgan fingerprint density at radius 1 is 0.944 bits per heavy atom. The van der Waals surface area contributed by atoms with Gasteiger partial charge in [0, 0.05) is 12.6 Å². The van der Waals surface area contributed by atoms with Gasteiger partial charge in [0.2, 0.25) is 5.91 Å². The molecule has 4 heteroatoms. The Morgan fingerprint density at radius 3 is 2.06 bits per heavy atom.